The second kappa shape index (κ2) is 4.00. The van der Waals surface area contributed by atoms with Crippen LogP contribution in [-0.2, 0) is 13.6 Å². The van der Waals surface area contributed by atoms with E-state index in [1.54, 1.807) is 0 Å². The van der Waals surface area contributed by atoms with E-state index in [4.69, 9.17) is 0 Å². The number of benzene rings is 1. The number of alkyl halides is 3. The Hall–Kier alpha value is -1.49. The molecular weight excluding hydrogens is 253 g/mol. The van der Waals surface area contributed by atoms with E-state index in [0.29, 0.717) is 0 Å². The van der Waals surface area contributed by atoms with Gasteiger partial charge in [0.25, 0.3) is 0 Å². The minimum Gasteiger partial charge on any atom is -0.350 e. The largest absolute Gasteiger partial charge is 0.406 e. The summed E-state index contributed by atoms with van der Waals surface area (Å²) in [4.78, 5) is 0. The molecule has 1 saturated carbocycles. The van der Waals surface area contributed by atoms with E-state index in [1.807, 2.05) is 42.1 Å². The van der Waals surface area contributed by atoms with E-state index in [2.05, 4.69) is 5.32 Å². The number of nitrogens with zero attached hydrogens (tertiary/aromatic N) is 1. The Morgan fingerprint density at radius 1 is 1.26 bits per heavy atom. The number of hydrogen-bond acceptors (Lipinski definition) is 1. The minimum atomic E-state index is -4.16. The normalized spacial score (nSPS) is 17.9. The van der Waals surface area contributed by atoms with E-state index in [-0.39, 0.29) is 19.4 Å². The molecule has 0 radical (unpaired) electrons. The Morgan fingerprint density at radius 2 is 1.95 bits per heavy atom. The zero-order valence-corrected chi connectivity index (χ0v) is 10.6. The van der Waals surface area contributed by atoms with Crippen molar-refractivity contribution in [2.75, 3.05) is 0 Å². The molecule has 1 heterocycles. The van der Waals surface area contributed by atoms with E-state index in [9.17, 15) is 13.2 Å². The van der Waals surface area contributed by atoms with Gasteiger partial charge in [0.1, 0.15) is 5.54 Å². The second-order valence-electron chi connectivity index (χ2n) is 5.22. The van der Waals surface area contributed by atoms with Crippen LogP contribution < -0.4 is 5.32 Å². The van der Waals surface area contributed by atoms with Gasteiger partial charge < -0.3 is 4.57 Å². The van der Waals surface area contributed by atoms with Crippen LogP contribution in [0, 0.1) is 0 Å². The number of aryl methyl sites for hydroxylation is 1. The zero-order chi connectivity index (χ0) is 13.7. The average Bonchev–Trinajstić information content (AvgIpc) is 3.09. The van der Waals surface area contributed by atoms with Gasteiger partial charge >= 0.3 is 6.18 Å². The predicted molar refractivity (Wildman–Crippen MR) is 67.8 cm³/mol. The van der Waals surface area contributed by atoms with Crippen LogP contribution in [0.2, 0.25) is 0 Å². The summed E-state index contributed by atoms with van der Waals surface area (Å²) in [7, 11) is 1.91. The molecule has 0 bridgehead atoms. The monoisotopic (exact) mass is 268 g/mol. The molecule has 0 unspecified atom stereocenters. The number of rotatable bonds is 3. The van der Waals surface area contributed by atoms with Crippen molar-refractivity contribution < 1.29 is 13.2 Å². The van der Waals surface area contributed by atoms with Crippen LogP contribution in [0.25, 0.3) is 10.9 Å². The highest BCUT2D eigenvalue weighted by atomic mass is 19.4. The molecule has 1 aromatic heterocycles. The summed E-state index contributed by atoms with van der Waals surface area (Å²) in [6, 6.07) is 7.75. The zero-order valence-electron chi connectivity index (χ0n) is 10.6. The Bertz CT molecular complexity index is 609. The molecule has 1 aromatic carbocycles. The molecule has 0 atom stereocenters. The van der Waals surface area contributed by atoms with Crippen LogP contribution in [-0.4, -0.2) is 16.3 Å². The Labute approximate surface area is 109 Å². The van der Waals surface area contributed by atoms with Gasteiger partial charge in [-0.05, 0) is 24.5 Å². The van der Waals surface area contributed by atoms with Gasteiger partial charge in [-0.25, -0.2) is 0 Å². The molecular formula is C14H15F3N2. The summed E-state index contributed by atoms with van der Waals surface area (Å²) in [6.45, 7) is 0.251. The van der Waals surface area contributed by atoms with Crippen LogP contribution >= 0.6 is 0 Å². The summed E-state index contributed by atoms with van der Waals surface area (Å²) < 4.78 is 40.5. The molecule has 19 heavy (non-hydrogen) atoms. The highest BCUT2D eigenvalue weighted by molar-refractivity contribution is 5.83. The molecule has 1 N–H and O–H groups in total. The maximum atomic E-state index is 12.9. The summed E-state index contributed by atoms with van der Waals surface area (Å²) in [5, 5.41) is 3.70. The third-order valence-electron chi connectivity index (χ3n) is 3.89. The molecule has 1 fully saturated rings. The summed E-state index contributed by atoms with van der Waals surface area (Å²) >= 11 is 0. The van der Waals surface area contributed by atoms with Crippen LogP contribution in [0.3, 0.4) is 0 Å². The van der Waals surface area contributed by atoms with E-state index < -0.39 is 11.7 Å². The number of fused-ring (bicyclic) bond motifs is 1. The first kappa shape index (κ1) is 12.5. The lowest BCUT2D eigenvalue weighted by molar-refractivity contribution is -0.166. The Balaban J connectivity index is 1.84. The minimum absolute atomic E-state index is 0.182. The molecule has 1 aliphatic carbocycles. The van der Waals surface area contributed by atoms with Crippen LogP contribution in [0.5, 0.6) is 0 Å². The van der Waals surface area contributed by atoms with Gasteiger partial charge in [-0.3, -0.25) is 5.32 Å². The third-order valence-corrected chi connectivity index (χ3v) is 3.89. The number of para-hydroxylation sites is 1. The van der Waals surface area contributed by atoms with Gasteiger partial charge in [0, 0.05) is 30.7 Å². The van der Waals surface area contributed by atoms with Gasteiger partial charge in [-0.2, -0.15) is 13.2 Å². The predicted octanol–water partition coefficient (Wildman–Crippen LogP) is 3.36. The fraction of sp³-hybridized carbons (Fsp3) is 0.429. The first-order valence-corrected chi connectivity index (χ1v) is 6.28. The lowest BCUT2D eigenvalue weighted by Gasteiger charge is -2.20. The smallest absolute Gasteiger partial charge is 0.350 e. The molecule has 5 heteroatoms. The van der Waals surface area contributed by atoms with Crippen molar-refractivity contribution in [2.24, 2.45) is 7.05 Å². The Kier molecular flexibility index (Phi) is 2.64. The number of hydrogen-bond donors (Lipinski definition) is 1. The van der Waals surface area contributed by atoms with Crippen molar-refractivity contribution in [2.45, 2.75) is 31.1 Å². The quantitative estimate of drug-likeness (QED) is 0.903. The highest BCUT2D eigenvalue weighted by Crippen LogP contribution is 2.49. The second-order valence-corrected chi connectivity index (χ2v) is 5.22. The lowest BCUT2D eigenvalue weighted by Crippen LogP contribution is -2.44. The fourth-order valence-electron chi connectivity index (χ4n) is 2.52. The maximum absolute atomic E-state index is 12.9. The number of nitrogens with one attached hydrogen (secondary N) is 1. The molecule has 2 nitrogen and oxygen atoms in total. The molecule has 0 spiro atoms. The van der Waals surface area contributed by atoms with Crippen molar-refractivity contribution >= 4 is 10.9 Å². The first-order chi connectivity index (χ1) is 8.93. The van der Waals surface area contributed by atoms with Crippen LogP contribution in [0.4, 0.5) is 13.2 Å². The van der Waals surface area contributed by atoms with Crippen molar-refractivity contribution in [1.82, 2.24) is 9.88 Å². The van der Waals surface area contributed by atoms with Gasteiger partial charge in [-0.1, -0.05) is 18.2 Å². The van der Waals surface area contributed by atoms with E-state index >= 15 is 0 Å². The van der Waals surface area contributed by atoms with Crippen LogP contribution in [0.15, 0.2) is 30.5 Å². The fourth-order valence-corrected chi connectivity index (χ4v) is 2.52. The van der Waals surface area contributed by atoms with Crippen molar-refractivity contribution in [1.29, 1.82) is 0 Å². The average molecular weight is 268 g/mol. The molecule has 102 valence electrons. The standard InChI is InChI=1S/C14H15F3N2/c1-19-9-10(11-4-2-3-5-12(11)19)8-18-13(6-7-13)14(15,16)17/h2-5,9,18H,6-8H2,1H3. The SMILES string of the molecule is Cn1cc(CNC2(C(F)(F)F)CC2)c2ccccc21. The van der Waals surface area contributed by atoms with Gasteiger partial charge in [0.2, 0.25) is 0 Å². The maximum Gasteiger partial charge on any atom is 0.406 e. The van der Waals surface area contributed by atoms with Crippen molar-refractivity contribution in [3.8, 4) is 0 Å². The molecule has 0 amide bonds. The Morgan fingerprint density at radius 3 is 2.58 bits per heavy atom. The molecule has 2 aromatic rings. The molecule has 0 aliphatic heterocycles. The van der Waals surface area contributed by atoms with Crippen LogP contribution in [0.1, 0.15) is 18.4 Å². The summed E-state index contributed by atoms with van der Waals surface area (Å²) in [5.41, 5.74) is 0.300. The van der Waals surface area contributed by atoms with Gasteiger partial charge in [-0.15, -0.1) is 0 Å². The van der Waals surface area contributed by atoms with Gasteiger partial charge in [0.05, 0.1) is 0 Å². The summed E-state index contributed by atoms with van der Waals surface area (Å²) in [6.07, 6.45) is -1.90. The highest BCUT2D eigenvalue weighted by Gasteiger charge is 2.62. The van der Waals surface area contributed by atoms with Crippen molar-refractivity contribution in [3.05, 3.63) is 36.0 Å². The van der Waals surface area contributed by atoms with Gasteiger partial charge in [0.15, 0.2) is 0 Å². The number of aromatic nitrogens is 1. The third kappa shape index (κ3) is 2.02. The number of halogens is 3. The molecule has 0 saturated heterocycles. The topological polar surface area (TPSA) is 17.0 Å². The molecule has 1 aliphatic rings. The van der Waals surface area contributed by atoms with E-state index in [0.717, 1.165) is 16.5 Å². The molecule has 3 rings (SSSR count). The lowest BCUT2D eigenvalue weighted by atomic mass is 10.1. The van der Waals surface area contributed by atoms with Crippen molar-refractivity contribution in [3.63, 3.8) is 0 Å². The summed E-state index contributed by atoms with van der Waals surface area (Å²) in [5.74, 6) is 0. The van der Waals surface area contributed by atoms with E-state index in [1.165, 1.54) is 0 Å². The first-order valence-electron chi connectivity index (χ1n) is 6.28.